The van der Waals surface area contributed by atoms with E-state index < -0.39 is 0 Å². The third kappa shape index (κ3) is 3.40. The first-order valence-electron chi connectivity index (χ1n) is 3.97. The Morgan fingerprint density at radius 2 is 2.00 bits per heavy atom. The van der Waals surface area contributed by atoms with Gasteiger partial charge in [0.25, 0.3) is 0 Å². The van der Waals surface area contributed by atoms with Crippen molar-refractivity contribution in [3.05, 3.63) is 0 Å². The lowest BCUT2D eigenvalue weighted by Gasteiger charge is -2.24. The van der Waals surface area contributed by atoms with Crippen LogP contribution in [0.1, 0.15) is 19.3 Å². The summed E-state index contributed by atoms with van der Waals surface area (Å²) in [7, 11) is 1.87. The third-order valence-electron chi connectivity index (χ3n) is 1.73. The van der Waals surface area contributed by atoms with Gasteiger partial charge in [-0.2, -0.15) is 0 Å². The zero-order valence-electron chi connectivity index (χ0n) is 6.80. The molecule has 1 fully saturated rings. The second-order valence-corrected chi connectivity index (χ2v) is 4.39. The van der Waals surface area contributed by atoms with Gasteiger partial charge in [0.2, 0.25) is 0 Å². The molecule has 0 saturated carbocycles. The van der Waals surface area contributed by atoms with E-state index in [1.165, 1.54) is 32.4 Å². The molecule has 0 aliphatic carbocycles. The summed E-state index contributed by atoms with van der Waals surface area (Å²) < 4.78 is 3.22. The van der Waals surface area contributed by atoms with Crippen LogP contribution in [0.15, 0.2) is 0 Å². The largest absolute Gasteiger partial charge is 0.373 e. The fourth-order valence-electron chi connectivity index (χ4n) is 1.12. The SMILES string of the molecule is CNC(=S)SN1CCCCC1. The molecule has 1 aliphatic rings. The minimum Gasteiger partial charge on any atom is -0.373 e. The van der Waals surface area contributed by atoms with Crippen molar-refractivity contribution in [2.45, 2.75) is 19.3 Å². The summed E-state index contributed by atoms with van der Waals surface area (Å²) in [6.07, 6.45) is 4.02. The van der Waals surface area contributed by atoms with Crippen LogP contribution in [0.4, 0.5) is 0 Å². The summed E-state index contributed by atoms with van der Waals surface area (Å²) in [6, 6.07) is 0. The highest BCUT2D eigenvalue weighted by Crippen LogP contribution is 2.18. The lowest BCUT2D eigenvalue weighted by atomic mass is 10.2. The predicted molar refractivity (Wildman–Crippen MR) is 54.7 cm³/mol. The number of nitrogens with zero attached hydrogens (tertiary/aromatic N) is 1. The van der Waals surface area contributed by atoms with E-state index in [-0.39, 0.29) is 0 Å². The molecule has 11 heavy (non-hydrogen) atoms. The molecule has 1 rings (SSSR count). The highest BCUT2D eigenvalue weighted by Gasteiger charge is 2.11. The molecule has 4 heteroatoms. The van der Waals surface area contributed by atoms with Crippen LogP contribution in [-0.4, -0.2) is 28.8 Å². The molecular formula is C7H14N2S2. The highest BCUT2D eigenvalue weighted by molar-refractivity contribution is 8.21. The molecule has 0 unspecified atom stereocenters. The maximum atomic E-state index is 5.05. The van der Waals surface area contributed by atoms with E-state index >= 15 is 0 Å². The van der Waals surface area contributed by atoms with Gasteiger partial charge in [0.1, 0.15) is 4.32 Å². The fourth-order valence-corrected chi connectivity index (χ4v) is 2.20. The van der Waals surface area contributed by atoms with Crippen LogP contribution < -0.4 is 5.32 Å². The summed E-state index contributed by atoms with van der Waals surface area (Å²) in [6.45, 7) is 2.37. The monoisotopic (exact) mass is 190 g/mol. The molecule has 0 amide bonds. The topological polar surface area (TPSA) is 15.3 Å². The molecule has 0 aromatic rings. The van der Waals surface area contributed by atoms with Gasteiger partial charge >= 0.3 is 0 Å². The number of nitrogens with one attached hydrogen (secondary N) is 1. The van der Waals surface area contributed by atoms with Crippen molar-refractivity contribution < 1.29 is 0 Å². The maximum absolute atomic E-state index is 5.05. The van der Waals surface area contributed by atoms with Crippen LogP contribution in [-0.2, 0) is 0 Å². The average molecular weight is 190 g/mol. The molecule has 64 valence electrons. The van der Waals surface area contributed by atoms with Crippen molar-refractivity contribution in [3.63, 3.8) is 0 Å². The molecule has 0 spiro atoms. The van der Waals surface area contributed by atoms with Gasteiger partial charge in [-0.1, -0.05) is 18.6 Å². The van der Waals surface area contributed by atoms with Crippen LogP contribution in [0.3, 0.4) is 0 Å². The van der Waals surface area contributed by atoms with Crippen LogP contribution in [0.5, 0.6) is 0 Å². The Hall–Kier alpha value is 0.200. The predicted octanol–water partition coefficient (Wildman–Crippen LogP) is 1.62. The zero-order valence-corrected chi connectivity index (χ0v) is 8.43. The van der Waals surface area contributed by atoms with Crippen molar-refractivity contribution >= 4 is 28.5 Å². The molecule has 1 heterocycles. The Morgan fingerprint density at radius 3 is 2.55 bits per heavy atom. The number of rotatable bonds is 1. The first kappa shape index (κ1) is 9.29. The van der Waals surface area contributed by atoms with Crippen molar-refractivity contribution in [2.75, 3.05) is 20.1 Å². The minimum absolute atomic E-state index is 0.881. The number of hydrogen-bond donors (Lipinski definition) is 1. The van der Waals surface area contributed by atoms with Crippen LogP contribution in [0.2, 0.25) is 0 Å². The Bertz CT molecular complexity index is 132. The first-order valence-corrected chi connectivity index (χ1v) is 5.15. The number of thiocarbonyl (C=S) groups is 1. The molecule has 1 N–H and O–H groups in total. The van der Waals surface area contributed by atoms with Crippen molar-refractivity contribution in [2.24, 2.45) is 0 Å². The lowest BCUT2D eigenvalue weighted by molar-refractivity contribution is 0.383. The molecular weight excluding hydrogens is 176 g/mol. The van der Waals surface area contributed by atoms with E-state index in [0.717, 1.165) is 4.32 Å². The van der Waals surface area contributed by atoms with Gasteiger partial charge in [-0.05, 0) is 24.8 Å². The van der Waals surface area contributed by atoms with E-state index in [9.17, 15) is 0 Å². The second-order valence-electron chi connectivity index (χ2n) is 2.62. The van der Waals surface area contributed by atoms with Gasteiger partial charge < -0.3 is 5.32 Å². The Kier molecular flexibility index (Phi) is 4.18. The van der Waals surface area contributed by atoms with Crippen molar-refractivity contribution in [1.82, 2.24) is 9.62 Å². The highest BCUT2D eigenvalue weighted by atomic mass is 32.2. The maximum Gasteiger partial charge on any atom is 0.148 e. The normalized spacial score (nSPS) is 19.7. The Balaban J connectivity index is 2.19. The minimum atomic E-state index is 0.881. The van der Waals surface area contributed by atoms with E-state index in [0.29, 0.717) is 0 Å². The number of hydrogen-bond acceptors (Lipinski definition) is 3. The summed E-state index contributed by atoms with van der Waals surface area (Å²) >= 11 is 6.72. The van der Waals surface area contributed by atoms with Gasteiger partial charge in [0.15, 0.2) is 0 Å². The van der Waals surface area contributed by atoms with E-state index in [1.54, 1.807) is 11.9 Å². The summed E-state index contributed by atoms with van der Waals surface area (Å²) in [5, 5.41) is 2.96. The van der Waals surface area contributed by atoms with E-state index in [2.05, 4.69) is 9.62 Å². The standard InChI is InChI=1S/C7H14N2S2/c1-8-7(10)11-9-5-3-2-4-6-9/h2-6H2,1H3,(H,8,10). The van der Waals surface area contributed by atoms with Gasteiger partial charge in [0, 0.05) is 20.1 Å². The van der Waals surface area contributed by atoms with E-state index in [4.69, 9.17) is 12.2 Å². The molecule has 1 aliphatic heterocycles. The van der Waals surface area contributed by atoms with Gasteiger partial charge in [-0.15, -0.1) is 0 Å². The van der Waals surface area contributed by atoms with Gasteiger partial charge in [0.05, 0.1) is 0 Å². The number of piperidine rings is 1. The molecule has 0 radical (unpaired) electrons. The Morgan fingerprint density at radius 1 is 1.36 bits per heavy atom. The molecule has 0 aromatic carbocycles. The van der Waals surface area contributed by atoms with Crippen molar-refractivity contribution in [3.8, 4) is 0 Å². The van der Waals surface area contributed by atoms with Gasteiger partial charge in [-0.3, -0.25) is 0 Å². The molecule has 0 bridgehead atoms. The smallest absolute Gasteiger partial charge is 0.148 e. The lowest BCUT2D eigenvalue weighted by Crippen LogP contribution is -2.27. The quantitative estimate of drug-likeness (QED) is 0.499. The van der Waals surface area contributed by atoms with Crippen LogP contribution >= 0.6 is 24.2 Å². The van der Waals surface area contributed by atoms with Crippen LogP contribution in [0, 0.1) is 0 Å². The van der Waals surface area contributed by atoms with Gasteiger partial charge in [-0.25, -0.2) is 4.31 Å². The second kappa shape index (κ2) is 4.95. The van der Waals surface area contributed by atoms with E-state index in [1.807, 2.05) is 7.05 Å². The first-order chi connectivity index (χ1) is 5.33. The summed E-state index contributed by atoms with van der Waals surface area (Å²) in [4.78, 5) is 0. The van der Waals surface area contributed by atoms with Crippen LogP contribution in [0.25, 0.3) is 0 Å². The zero-order chi connectivity index (χ0) is 8.10. The summed E-state index contributed by atoms with van der Waals surface area (Å²) in [5.41, 5.74) is 0. The summed E-state index contributed by atoms with van der Waals surface area (Å²) in [5.74, 6) is 0. The fraction of sp³-hybridized carbons (Fsp3) is 0.857. The molecule has 0 atom stereocenters. The van der Waals surface area contributed by atoms with Crippen molar-refractivity contribution in [1.29, 1.82) is 0 Å². The Labute approximate surface area is 77.9 Å². The molecule has 2 nitrogen and oxygen atoms in total. The third-order valence-corrected chi connectivity index (χ3v) is 3.15. The molecule has 0 aromatic heterocycles. The average Bonchev–Trinajstić information content (AvgIpc) is 2.06. The molecule has 1 saturated heterocycles.